The number of ether oxygens (including phenoxy) is 1. The van der Waals surface area contributed by atoms with E-state index in [-0.39, 0.29) is 6.61 Å². The molecule has 0 radical (unpaired) electrons. The van der Waals surface area contributed by atoms with Crippen molar-refractivity contribution in [3.05, 3.63) is 64.9 Å². The molecule has 0 spiro atoms. The van der Waals surface area contributed by atoms with Gasteiger partial charge in [0.2, 0.25) is 0 Å². The van der Waals surface area contributed by atoms with Crippen LogP contribution in [0.15, 0.2) is 48.7 Å². The number of aromatic nitrogens is 1. The molecule has 0 saturated heterocycles. The van der Waals surface area contributed by atoms with Gasteiger partial charge in [0.15, 0.2) is 0 Å². The molecule has 0 bridgehead atoms. The summed E-state index contributed by atoms with van der Waals surface area (Å²) in [6.07, 6.45) is 1.55. The number of halogens is 1. The van der Waals surface area contributed by atoms with Crippen molar-refractivity contribution in [1.29, 1.82) is 0 Å². The van der Waals surface area contributed by atoms with E-state index in [9.17, 15) is 4.79 Å². The molecule has 0 aliphatic heterocycles. The molecule has 1 aromatic heterocycles. The normalized spacial score (nSPS) is 9.94. The number of carbonyl (C=O) groups is 1. The smallest absolute Gasteiger partial charge is 0.357 e. The molecule has 2 rings (SSSR count). The van der Waals surface area contributed by atoms with Crippen LogP contribution < -0.4 is 0 Å². The van der Waals surface area contributed by atoms with Crippen LogP contribution in [0.4, 0.5) is 0 Å². The lowest BCUT2D eigenvalue weighted by atomic mass is 10.2. The van der Waals surface area contributed by atoms with Crippen molar-refractivity contribution in [2.45, 2.75) is 6.61 Å². The molecule has 4 heteroatoms. The number of pyridine rings is 1. The van der Waals surface area contributed by atoms with Gasteiger partial charge in [-0.15, -0.1) is 0 Å². The average Bonchev–Trinajstić information content (AvgIpc) is 2.39. The van der Waals surface area contributed by atoms with Crippen LogP contribution in [0.1, 0.15) is 16.1 Å². The first kappa shape index (κ1) is 11.6. The number of rotatable bonds is 3. The zero-order valence-electron chi connectivity index (χ0n) is 8.97. The maximum absolute atomic E-state index is 11.6. The lowest BCUT2D eigenvalue weighted by molar-refractivity contribution is 0.0466. The Bertz CT molecular complexity index is 497. The van der Waals surface area contributed by atoms with Crippen LogP contribution in [-0.4, -0.2) is 11.0 Å². The van der Waals surface area contributed by atoms with Crippen molar-refractivity contribution in [3.8, 4) is 0 Å². The van der Waals surface area contributed by atoms with Crippen molar-refractivity contribution in [2.24, 2.45) is 0 Å². The van der Waals surface area contributed by atoms with Gasteiger partial charge in [0.05, 0.1) is 0 Å². The number of nitrogens with zero attached hydrogens (tertiary/aromatic N) is 1. The zero-order chi connectivity index (χ0) is 12.1. The first-order valence-electron chi connectivity index (χ1n) is 5.08. The summed E-state index contributed by atoms with van der Waals surface area (Å²) < 4.78 is 5.11. The van der Waals surface area contributed by atoms with E-state index in [1.54, 1.807) is 36.5 Å². The van der Waals surface area contributed by atoms with E-state index in [0.717, 1.165) is 5.56 Å². The second-order valence-corrected chi connectivity index (χ2v) is 3.85. The van der Waals surface area contributed by atoms with Crippen LogP contribution in [0, 0.1) is 0 Å². The van der Waals surface area contributed by atoms with Gasteiger partial charge in [-0.3, -0.25) is 0 Å². The molecule has 0 saturated carbocycles. The number of esters is 1. The summed E-state index contributed by atoms with van der Waals surface area (Å²) in [6, 6.07) is 12.2. The van der Waals surface area contributed by atoms with Crippen molar-refractivity contribution in [1.82, 2.24) is 4.98 Å². The molecule has 0 amide bonds. The average molecular weight is 248 g/mol. The molecule has 0 aliphatic carbocycles. The van der Waals surface area contributed by atoms with Gasteiger partial charge in [-0.05, 0) is 29.8 Å². The maximum Gasteiger partial charge on any atom is 0.357 e. The molecule has 1 heterocycles. The molecule has 86 valence electrons. The fourth-order valence-corrected chi connectivity index (χ4v) is 1.41. The van der Waals surface area contributed by atoms with Gasteiger partial charge in [-0.25, -0.2) is 9.78 Å². The molecule has 0 fully saturated rings. The predicted octanol–water partition coefficient (Wildman–Crippen LogP) is 3.09. The van der Waals surface area contributed by atoms with Crippen LogP contribution in [0.2, 0.25) is 5.02 Å². The lowest BCUT2D eigenvalue weighted by Crippen LogP contribution is -2.06. The molecule has 0 unspecified atom stereocenters. The van der Waals surface area contributed by atoms with Crippen LogP contribution in [0.5, 0.6) is 0 Å². The lowest BCUT2D eigenvalue weighted by Gasteiger charge is -2.04. The van der Waals surface area contributed by atoms with Crippen molar-refractivity contribution in [2.75, 3.05) is 0 Å². The Labute approximate surface area is 104 Å². The van der Waals surface area contributed by atoms with Crippen LogP contribution in [0.25, 0.3) is 0 Å². The van der Waals surface area contributed by atoms with Gasteiger partial charge >= 0.3 is 5.97 Å². The minimum absolute atomic E-state index is 0.215. The fraction of sp³-hybridized carbons (Fsp3) is 0.0769. The largest absolute Gasteiger partial charge is 0.456 e. The summed E-state index contributed by atoms with van der Waals surface area (Å²) in [4.78, 5) is 15.5. The number of carbonyl (C=O) groups excluding carboxylic acids is 1. The van der Waals surface area contributed by atoms with Gasteiger partial charge in [-0.1, -0.05) is 29.8 Å². The van der Waals surface area contributed by atoms with Crippen molar-refractivity contribution >= 4 is 17.6 Å². The Kier molecular flexibility index (Phi) is 3.73. The van der Waals surface area contributed by atoms with Crippen molar-refractivity contribution in [3.63, 3.8) is 0 Å². The molecule has 3 nitrogen and oxygen atoms in total. The number of hydrogen-bond acceptors (Lipinski definition) is 3. The Morgan fingerprint density at radius 3 is 2.59 bits per heavy atom. The second-order valence-electron chi connectivity index (χ2n) is 3.42. The third-order valence-electron chi connectivity index (χ3n) is 2.16. The van der Waals surface area contributed by atoms with Crippen LogP contribution in [-0.2, 0) is 11.3 Å². The molecular formula is C13H10ClNO2. The molecule has 0 atom stereocenters. The first-order valence-corrected chi connectivity index (χ1v) is 5.46. The number of hydrogen-bond donors (Lipinski definition) is 0. The Morgan fingerprint density at radius 1 is 1.18 bits per heavy atom. The number of benzene rings is 1. The second kappa shape index (κ2) is 5.46. The van der Waals surface area contributed by atoms with Gasteiger partial charge in [0, 0.05) is 11.2 Å². The highest BCUT2D eigenvalue weighted by Crippen LogP contribution is 2.10. The van der Waals surface area contributed by atoms with Gasteiger partial charge < -0.3 is 4.74 Å². The summed E-state index contributed by atoms with van der Waals surface area (Å²) in [6.45, 7) is 0.215. The molecule has 0 N–H and O–H groups in total. The topological polar surface area (TPSA) is 39.2 Å². The minimum atomic E-state index is -0.430. The van der Waals surface area contributed by atoms with E-state index in [1.807, 2.05) is 12.1 Å². The zero-order valence-corrected chi connectivity index (χ0v) is 9.72. The quantitative estimate of drug-likeness (QED) is 0.783. The Hall–Kier alpha value is -1.87. The van der Waals surface area contributed by atoms with E-state index in [4.69, 9.17) is 16.3 Å². The van der Waals surface area contributed by atoms with Crippen molar-refractivity contribution < 1.29 is 9.53 Å². The van der Waals surface area contributed by atoms with E-state index >= 15 is 0 Å². The van der Waals surface area contributed by atoms with Gasteiger partial charge in [0.1, 0.15) is 12.3 Å². The monoisotopic (exact) mass is 247 g/mol. The molecule has 2 aromatic rings. The first-order chi connectivity index (χ1) is 8.25. The summed E-state index contributed by atoms with van der Waals surface area (Å²) in [7, 11) is 0. The third kappa shape index (κ3) is 3.29. The summed E-state index contributed by atoms with van der Waals surface area (Å²) in [5.41, 5.74) is 1.19. The molecule has 1 aromatic carbocycles. The maximum atomic E-state index is 11.6. The highest BCUT2D eigenvalue weighted by Gasteiger charge is 2.07. The SMILES string of the molecule is O=C(OCc1ccc(Cl)cc1)c1ccccn1. The molecular weight excluding hydrogens is 238 g/mol. The minimum Gasteiger partial charge on any atom is -0.456 e. The van der Waals surface area contributed by atoms with E-state index < -0.39 is 5.97 Å². The molecule has 17 heavy (non-hydrogen) atoms. The summed E-state index contributed by atoms with van der Waals surface area (Å²) in [5, 5.41) is 0.657. The van der Waals surface area contributed by atoms with E-state index in [0.29, 0.717) is 10.7 Å². The van der Waals surface area contributed by atoms with E-state index in [2.05, 4.69) is 4.98 Å². The molecule has 0 aliphatic rings. The highest BCUT2D eigenvalue weighted by atomic mass is 35.5. The fourth-order valence-electron chi connectivity index (χ4n) is 1.29. The van der Waals surface area contributed by atoms with Gasteiger partial charge in [0.25, 0.3) is 0 Å². The van der Waals surface area contributed by atoms with E-state index in [1.165, 1.54) is 0 Å². The highest BCUT2D eigenvalue weighted by molar-refractivity contribution is 6.30. The Morgan fingerprint density at radius 2 is 1.94 bits per heavy atom. The van der Waals surface area contributed by atoms with Crippen LogP contribution in [0.3, 0.4) is 0 Å². The summed E-state index contributed by atoms with van der Waals surface area (Å²) >= 11 is 5.75. The standard InChI is InChI=1S/C13H10ClNO2/c14-11-6-4-10(5-7-11)9-17-13(16)12-3-1-2-8-15-12/h1-8H,9H2. The predicted molar refractivity (Wildman–Crippen MR) is 64.8 cm³/mol. The third-order valence-corrected chi connectivity index (χ3v) is 2.41. The van der Waals surface area contributed by atoms with Gasteiger partial charge in [-0.2, -0.15) is 0 Å². The Balaban J connectivity index is 1.95. The summed E-state index contributed by atoms with van der Waals surface area (Å²) in [5.74, 6) is -0.430. The van der Waals surface area contributed by atoms with Crippen LogP contribution >= 0.6 is 11.6 Å².